The van der Waals surface area contributed by atoms with Crippen molar-refractivity contribution in [3.8, 4) is 5.75 Å². The summed E-state index contributed by atoms with van der Waals surface area (Å²) in [5.74, 6) is 0.671. The molecule has 0 aliphatic rings. The number of hydrogen-bond acceptors (Lipinski definition) is 2. The molecule has 0 fully saturated rings. The number of aryl methyl sites for hydroxylation is 1. The van der Waals surface area contributed by atoms with Crippen LogP contribution in [0.4, 0.5) is 10.1 Å². The minimum atomic E-state index is -0.205. The second-order valence-corrected chi connectivity index (χ2v) is 5.12. The molecule has 0 amide bonds. The van der Waals surface area contributed by atoms with Crippen LogP contribution in [0.3, 0.4) is 0 Å². The van der Waals surface area contributed by atoms with E-state index in [4.69, 9.17) is 4.74 Å². The second-order valence-electron chi connectivity index (χ2n) is 5.12. The second kappa shape index (κ2) is 6.42. The molecule has 0 radical (unpaired) electrons. The van der Waals surface area contributed by atoms with E-state index in [9.17, 15) is 4.39 Å². The molecule has 20 heavy (non-hydrogen) atoms. The van der Waals surface area contributed by atoms with Crippen molar-refractivity contribution in [2.75, 3.05) is 5.32 Å². The molecule has 2 aromatic rings. The van der Waals surface area contributed by atoms with Crippen LogP contribution in [0.25, 0.3) is 0 Å². The lowest BCUT2D eigenvalue weighted by molar-refractivity contribution is 0.242. The third-order valence-corrected chi connectivity index (χ3v) is 2.97. The van der Waals surface area contributed by atoms with Crippen molar-refractivity contribution in [1.82, 2.24) is 0 Å². The molecular weight excluding hydrogens is 253 g/mol. The minimum Gasteiger partial charge on any atom is -0.491 e. The van der Waals surface area contributed by atoms with Gasteiger partial charge in [-0.1, -0.05) is 12.1 Å². The van der Waals surface area contributed by atoms with Crippen LogP contribution in [0.1, 0.15) is 25.0 Å². The van der Waals surface area contributed by atoms with Crippen LogP contribution in [0.15, 0.2) is 42.5 Å². The maximum Gasteiger partial charge on any atom is 0.123 e. The molecule has 1 N–H and O–H groups in total. The third-order valence-electron chi connectivity index (χ3n) is 2.97. The van der Waals surface area contributed by atoms with Gasteiger partial charge in [-0.3, -0.25) is 0 Å². The lowest BCUT2D eigenvalue weighted by Crippen LogP contribution is -2.06. The van der Waals surface area contributed by atoms with E-state index in [-0.39, 0.29) is 11.9 Å². The Morgan fingerprint density at radius 1 is 1.10 bits per heavy atom. The van der Waals surface area contributed by atoms with Crippen LogP contribution in [0.5, 0.6) is 5.75 Å². The van der Waals surface area contributed by atoms with Crippen LogP contribution in [-0.2, 0) is 6.54 Å². The highest BCUT2D eigenvalue weighted by Gasteiger charge is 2.01. The first-order chi connectivity index (χ1) is 9.54. The Labute approximate surface area is 119 Å². The standard InChI is InChI=1S/C17H20FNO/c1-12(2)20-16-7-4-14(5-8-16)11-19-17-9-6-15(18)10-13(17)3/h4-10,12,19H,11H2,1-3H3. The fourth-order valence-electron chi connectivity index (χ4n) is 1.98. The van der Waals surface area contributed by atoms with E-state index in [1.54, 1.807) is 6.07 Å². The predicted molar refractivity (Wildman–Crippen MR) is 80.7 cm³/mol. The molecule has 0 atom stereocenters. The predicted octanol–water partition coefficient (Wildman–Crippen LogP) is 4.53. The SMILES string of the molecule is Cc1cc(F)ccc1NCc1ccc(OC(C)C)cc1. The molecule has 0 aliphatic carbocycles. The summed E-state index contributed by atoms with van der Waals surface area (Å²) in [6, 6.07) is 12.8. The summed E-state index contributed by atoms with van der Waals surface area (Å²) in [5, 5.41) is 3.31. The molecule has 2 nitrogen and oxygen atoms in total. The van der Waals surface area contributed by atoms with Crippen molar-refractivity contribution < 1.29 is 9.13 Å². The van der Waals surface area contributed by atoms with E-state index in [1.807, 2.05) is 45.0 Å². The van der Waals surface area contributed by atoms with E-state index in [0.717, 1.165) is 22.6 Å². The summed E-state index contributed by atoms with van der Waals surface area (Å²) in [6.45, 7) is 6.61. The summed E-state index contributed by atoms with van der Waals surface area (Å²) < 4.78 is 18.6. The van der Waals surface area contributed by atoms with Gasteiger partial charge in [0.25, 0.3) is 0 Å². The van der Waals surface area contributed by atoms with Crippen LogP contribution in [-0.4, -0.2) is 6.10 Å². The lowest BCUT2D eigenvalue weighted by Gasteiger charge is -2.12. The summed E-state index contributed by atoms with van der Waals surface area (Å²) in [4.78, 5) is 0. The molecule has 106 valence electrons. The van der Waals surface area contributed by atoms with Gasteiger partial charge in [0.2, 0.25) is 0 Å². The van der Waals surface area contributed by atoms with Gasteiger partial charge in [0.1, 0.15) is 11.6 Å². The summed E-state index contributed by atoms with van der Waals surface area (Å²) in [6.07, 6.45) is 0.181. The largest absolute Gasteiger partial charge is 0.491 e. The van der Waals surface area contributed by atoms with Crippen LogP contribution in [0.2, 0.25) is 0 Å². The van der Waals surface area contributed by atoms with Gasteiger partial charge in [-0.25, -0.2) is 4.39 Å². The quantitative estimate of drug-likeness (QED) is 0.864. The van der Waals surface area contributed by atoms with Gasteiger partial charge in [0.15, 0.2) is 0 Å². The fourth-order valence-corrected chi connectivity index (χ4v) is 1.98. The molecule has 0 spiro atoms. The highest BCUT2D eigenvalue weighted by atomic mass is 19.1. The van der Waals surface area contributed by atoms with Crippen LogP contribution >= 0.6 is 0 Å². The van der Waals surface area contributed by atoms with Crippen molar-refractivity contribution in [2.24, 2.45) is 0 Å². The van der Waals surface area contributed by atoms with Crippen LogP contribution in [0, 0.1) is 12.7 Å². The molecule has 3 heteroatoms. The van der Waals surface area contributed by atoms with E-state index in [0.29, 0.717) is 6.54 Å². The molecule has 2 aromatic carbocycles. The number of benzene rings is 2. The molecule has 0 aromatic heterocycles. The number of halogens is 1. The Bertz CT molecular complexity index is 564. The van der Waals surface area contributed by atoms with Gasteiger partial charge in [0, 0.05) is 12.2 Å². The number of anilines is 1. The fraction of sp³-hybridized carbons (Fsp3) is 0.294. The Kier molecular flexibility index (Phi) is 4.61. The number of hydrogen-bond donors (Lipinski definition) is 1. The molecule has 0 unspecified atom stereocenters. The minimum absolute atomic E-state index is 0.181. The Morgan fingerprint density at radius 3 is 2.40 bits per heavy atom. The molecule has 0 bridgehead atoms. The van der Waals surface area contributed by atoms with E-state index < -0.39 is 0 Å². The Morgan fingerprint density at radius 2 is 1.80 bits per heavy atom. The van der Waals surface area contributed by atoms with Gasteiger partial charge in [0.05, 0.1) is 6.10 Å². The highest BCUT2D eigenvalue weighted by Crippen LogP contribution is 2.18. The highest BCUT2D eigenvalue weighted by molar-refractivity contribution is 5.51. The first kappa shape index (κ1) is 14.4. The normalized spacial score (nSPS) is 10.7. The smallest absolute Gasteiger partial charge is 0.123 e. The van der Waals surface area contributed by atoms with Crippen molar-refractivity contribution in [3.63, 3.8) is 0 Å². The zero-order chi connectivity index (χ0) is 14.5. The Balaban J connectivity index is 1.96. The maximum absolute atomic E-state index is 13.0. The van der Waals surface area contributed by atoms with E-state index in [2.05, 4.69) is 5.32 Å². The van der Waals surface area contributed by atoms with Crippen LogP contribution < -0.4 is 10.1 Å². The summed E-state index contributed by atoms with van der Waals surface area (Å²) in [7, 11) is 0. The third kappa shape index (κ3) is 3.98. The maximum atomic E-state index is 13.0. The number of nitrogens with one attached hydrogen (secondary N) is 1. The Hall–Kier alpha value is -2.03. The zero-order valence-corrected chi connectivity index (χ0v) is 12.1. The van der Waals surface area contributed by atoms with E-state index >= 15 is 0 Å². The number of ether oxygens (including phenoxy) is 1. The zero-order valence-electron chi connectivity index (χ0n) is 12.1. The van der Waals surface area contributed by atoms with Crippen molar-refractivity contribution in [3.05, 3.63) is 59.4 Å². The van der Waals surface area contributed by atoms with Crippen molar-refractivity contribution in [2.45, 2.75) is 33.4 Å². The first-order valence-corrected chi connectivity index (χ1v) is 6.80. The molecule has 0 heterocycles. The molecule has 0 aliphatic heterocycles. The number of rotatable bonds is 5. The average Bonchev–Trinajstić information content (AvgIpc) is 2.39. The van der Waals surface area contributed by atoms with Gasteiger partial charge in [-0.2, -0.15) is 0 Å². The summed E-state index contributed by atoms with van der Waals surface area (Å²) in [5.41, 5.74) is 3.02. The van der Waals surface area contributed by atoms with E-state index in [1.165, 1.54) is 12.1 Å². The molecular formula is C17H20FNO. The molecule has 2 rings (SSSR count). The van der Waals surface area contributed by atoms with Gasteiger partial charge in [-0.05, 0) is 62.2 Å². The van der Waals surface area contributed by atoms with Gasteiger partial charge < -0.3 is 10.1 Å². The first-order valence-electron chi connectivity index (χ1n) is 6.80. The molecule has 0 saturated carbocycles. The topological polar surface area (TPSA) is 21.3 Å². The molecule has 0 saturated heterocycles. The summed E-state index contributed by atoms with van der Waals surface area (Å²) >= 11 is 0. The van der Waals surface area contributed by atoms with Crippen molar-refractivity contribution >= 4 is 5.69 Å². The van der Waals surface area contributed by atoms with Crippen molar-refractivity contribution in [1.29, 1.82) is 0 Å². The monoisotopic (exact) mass is 273 g/mol. The average molecular weight is 273 g/mol. The van der Waals surface area contributed by atoms with Gasteiger partial charge in [-0.15, -0.1) is 0 Å². The lowest BCUT2D eigenvalue weighted by atomic mass is 10.1. The van der Waals surface area contributed by atoms with Gasteiger partial charge >= 0.3 is 0 Å².